The second-order valence-electron chi connectivity index (χ2n) is 10.0. The Kier molecular flexibility index (Phi) is 5.23. The van der Waals surface area contributed by atoms with E-state index in [1.54, 1.807) is 4.90 Å². The third kappa shape index (κ3) is 4.48. The average Bonchev–Trinajstić information content (AvgIpc) is 3.38. The van der Waals surface area contributed by atoms with E-state index in [2.05, 4.69) is 21.1 Å². The van der Waals surface area contributed by atoms with Crippen LogP contribution in [-0.4, -0.2) is 71.2 Å². The van der Waals surface area contributed by atoms with Crippen LogP contribution in [-0.2, 0) is 14.3 Å². The predicted octanol–water partition coefficient (Wildman–Crippen LogP) is 3.47. The van der Waals surface area contributed by atoms with Gasteiger partial charge < -0.3 is 14.2 Å². The highest BCUT2D eigenvalue weighted by atomic mass is 32.2. The standard InChI is InChI=1S/C23H29N5O4S/c1-23(2,3)31-22(29)27-9-7-15(8-10-27)20-25-21(32-26-20)16-5-6-17-12-24-28(19(17)11-16)18-13-33(4,30)14-18/h5-6,11-12,15,18H,4,7-10,13-14H2,1-3H3. The molecule has 176 valence electrons. The summed E-state index contributed by atoms with van der Waals surface area (Å²) < 4.78 is 25.0. The fraction of sp³-hybridized carbons (Fsp3) is 0.522. The van der Waals surface area contributed by atoms with Crippen LogP contribution in [0.3, 0.4) is 0 Å². The monoisotopic (exact) mass is 471 g/mol. The third-order valence-electron chi connectivity index (χ3n) is 6.14. The van der Waals surface area contributed by atoms with Crippen LogP contribution in [0.1, 0.15) is 51.4 Å². The minimum Gasteiger partial charge on any atom is -0.444 e. The van der Waals surface area contributed by atoms with Gasteiger partial charge >= 0.3 is 6.09 Å². The van der Waals surface area contributed by atoms with E-state index in [1.807, 2.05) is 49.8 Å². The second kappa shape index (κ2) is 7.86. The summed E-state index contributed by atoms with van der Waals surface area (Å²) in [5.41, 5.74) is 1.28. The molecule has 0 aliphatic carbocycles. The Hall–Kier alpha value is -2.88. The van der Waals surface area contributed by atoms with Crippen molar-refractivity contribution in [1.29, 1.82) is 0 Å². The van der Waals surface area contributed by atoms with Crippen LogP contribution >= 0.6 is 0 Å². The molecule has 2 saturated heterocycles. The zero-order valence-corrected chi connectivity index (χ0v) is 20.0. The number of benzene rings is 1. The molecule has 0 saturated carbocycles. The molecule has 0 radical (unpaired) electrons. The molecule has 1 aromatic carbocycles. The van der Waals surface area contributed by atoms with Crippen LogP contribution < -0.4 is 0 Å². The van der Waals surface area contributed by atoms with Gasteiger partial charge in [0.15, 0.2) is 5.82 Å². The number of rotatable bonds is 3. The Morgan fingerprint density at radius 3 is 2.64 bits per heavy atom. The van der Waals surface area contributed by atoms with Crippen molar-refractivity contribution < 1.29 is 18.3 Å². The number of hydrogen-bond acceptors (Lipinski definition) is 7. The Morgan fingerprint density at radius 2 is 1.97 bits per heavy atom. The quantitative estimate of drug-likeness (QED) is 0.539. The van der Waals surface area contributed by atoms with Gasteiger partial charge in [-0.05, 0) is 61.1 Å². The summed E-state index contributed by atoms with van der Waals surface area (Å²) >= 11 is 0. The molecule has 5 rings (SSSR count). The summed E-state index contributed by atoms with van der Waals surface area (Å²) in [5, 5.41) is 9.73. The summed E-state index contributed by atoms with van der Waals surface area (Å²) in [6.07, 6.45) is 3.06. The van der Waals surface area contributed by atoms with E-state index in [4.69, 9.17) is 9.26 Å². The molecule has 0 atom stereocenters. The van der Waals surface area contributed by atoms with Crippen LogP contribution in [0.25, 0.3) is 22.4 Å². The number of nitrogens with zero attached hydrogens (tertiary/aromatic N) is 5. The molecule has 1 amide bonds. The molecule has 10 heteroatoms. The minimum absolute atomic E-state index is 0.108. The van der Waals surface area contributed by atoms with E-state index in [0.717, 1.165) is 29.3 Å². The van der Waals surface area contributed by atoms with Gasteiger partial charge in [0, 0.05) is 41.5 Å². The van der Waals surface area contributed by atoms with E-state index in [-0.39, 0.29) is 18.1 Å². The highest BCUT2D eigenvalue weighted by Crippen LogP contribution is 2.32. The zero-order chi connectivity index (χ0) is 23.4. The SMILES string of the molecule is C=S1(=O)CC(n2ncc3ccc(-c4nc(C5CCN(C(=O)OC(C)(C)C)CC5)no4)cc32)C1. The predicted molar refractivity (Wildman–Crippen MR) is 127 cm³/mol. The summed E-state index contributed by atoms with van der Waals surface area (Å²) in [7, 11) is -1.95. The van der Waals surface area contributed by atoms with Crippen molar-refractivity contribution in [3.63, 3.8) is 0 Å². The van der Waals surface area contributed by atoms with Gasteiger partial charge in [-0.3, -0.25) is 8.89 Å². The van der Waals surface area contributed by atoms with E-state index in [9.17, 15) is 9.00 Å². The van der Waals surface area contributed by atoms with Crippen molar-refractivity contribution >= 4 is 32.4 Å². The lowest BCUT2D eigenvalue weighted by atomic mass is 9.96. The van der Waals surface area contributed by atoms with Crippen molar-refractivity contribution in [3.05, 3.63) is 30.2 Å². The molecular formula is C23H29N5O4S. The number of amides is 1. The number of piperidine rings is 1. The molecule has 9 nitrogen and oxygen atoms in total. The largest absolute Gasteiger partial charge is 0.444 e. The number of carbonyl (C=O) groups is 1. The molecule has 0 unspecified atom stereocenters. The number of hydrogen-bond donors (Lipinski definition) is 0. The zero-order valence-electron chi connectivity index (χ0n) is 19.2. The minimum atomic E-state index is -1.95. The molecule has 2 aliphatic heterocycles. The average molecular weight is 472 g/mol. The molecule has 0 spiro atoms. The molecule has 4 heterocycles. The highest BCUT2D eigenvalue weighted by Gasteiger charge is 2.32. The lowest BCUT2D eigenvalue weighted by molar-refractivity contribution is 0.0203. The fourth-order valence-electron chi connectivity index (χ4n) is 4.42. The van der Waals surface area contributed by atoms with Crippen LogP contribution in [0.2, 0.25) is 0 Å². The summed E-state index contributed by atoms with van der Waals surface area (Å²) in [4.78, 5) is 18.7. The van der Waals surface area contributed by atoms with Gasteiger partial charge in [-0.15, -0.1) is 0 Å². The lowest BCUT2D eigenvalue weighted by Crippen LogP contribution is -2.41. The first-order chi connectivity index (χ1) is 15.6. The summed E-state index contributed by atoms with van der Waals surface area (Å²) in [6, 6.07) is 6.03. The Balaban J connectivity index is 1.29. The van der Waals surface area contributed by atoms with Crippen molar-refractivity contribution in [1.82, 2.24) is 24.8 Å². The number of ether oxygens (including phenoxy) is 1. The lowest BCUT2D eigenvalue weighted by Gasteiger charge is -2.32. The van der Waals surface area contributed by atoms with Crippen molar-refractivity contribution in [3.8, 4) is 11.5 Å². The number of aromatic nitrogens is 4. The summed E-state index contributed by atoms with van der Waals surface area (Å²) in [6.45, 7) is 6.81. The first kappa shape index (κ1) is 21.9. The van der Waals surface area contributed by atoms with Gasteiger partial charge in [-0.2, -0.15) is 10.1 Å². The third-order valence-corrected chi connectivity index (χ3v) is 8.12. The van der Waals surface area contributed by atoms with E-state index in [0.29, 0.717) is 36.3 Å². The molecule has 0 N–H and O–H groups in total. The fourth-order valence-corrected chi connectivity index (χ4v) is 6.01. The van der Waals surface area contributed by atoms with Gasteiger partial charge in [0.1, 0.15) is 5.60 Å². The molecule has 33 heavy (non-hydrogen) atoms. The van der Waals surface area contributed by atoms with Crippen molar-refractivity contribution in [2.45, 2.75) is 51.2 Å². The Labute approximate surface area is 193 Å². The number of carbonyl (C=O) groups excluding carboxylic acids is 1. The maximum Gasteiger partial charge on any atom is 0.410 e. The second-order valence-corrected chi connectivity index (χ2v) is 12.6. The van der Waals surface area contributed by atoms with E-state index < -0.39 is 15.1 Å². The van der Waals surface area contributed by atoms with Crippen molar-refractivity contribution in [2.75, 3.05) is 24.6 Å². The van der Waals surface area contributed by atoms with Crippen LogP contribution in [0.5, 0.6) is 0 Å². The Bertz CT molecular complexity index is 1280. The highest BCUT2D eigenvalue weighted by molar-refractivity contribution is 8.01. The van der Waals surface area contributed by atoms with Crippen LogP contribution in [0.4, 0.5) is 4.79 Å². The molecular weight excluding hydrogens is 442 g/mol. The topological polar surface area (TPSA) is 103 Å². The smallest absolute Gasteiger partial charge is 0.410 e. The first-order valence-corrected chi connectivity index (χ1v) is 13.3. The molecule has 2 aliphatic rings. The maximum atomic E-state index is 12.3. The maximum absolute atomic E-state index is 12.3. The van der Waals surface area contributed by atoms with E-state index >= 15 is 0 Å². The van der Waals surface area contributed by atoms with Gasteiger partial charge in [0.2, 0.25) is 0 Å². The van der Waals surface area contributed by atoms with Gasteiger partial charge in [0.25, 0.3) is 5.89 Å². The normalized spacial score (nSPS) is 24.1. The summed E-state index contributed by atoms with van der Waals surface area (Å²) in [5.74, 6) is 6.16. The van der Waals surface area contributed by atoms with Gasteiger partial charge in [-0.25, -0.2) is 4.79 Å². The van der Waals surface area contributed by atoms with E-state index in [1.165, 1.54) is 0 Å². The van der Waals surface area contributed by atoms with Crippen molar-refractivity contribution in [2.24, 2.45) is 0 Å². The number of fused-ring (bicyclic) bond motifs is 1. The first-order valence-electron chi connectivity index (χ1n) is 11.2. The van der Waals surface area contributed by atoms with Crippen LogP contribution in [0, 0.1) is 0 Å². The van der Waals surface area contributed by atoms with Gasteiger partial charge in [-0.1, -0.05) is 11.2 Å². The number of likely N-dealkylation sites (tertiary alicyclic amines) is 1. The molecule has 2 aromatic heterocycles. The molecule has 2 fully saturated rings. The Morgan fingerprint density at radius 1 is 1.24 bits per heavy atom. The molecule has 0 bridgehead atoms. The van der Waals surface area contributed by atoms with Gasteiger partial charge in [0.05, 0.1) is 17.8 Å². The van der Waals surface area contributed by atoms with Crippen LogP contribution in [0.15, 0.2) is 28.9 Å². The molecule has 3 aromatic rings.